The van der Waals surface area contributed by atoms with Crippen molar-refractivity contribution < 1.29 is 33.6 Å². The van der Waals surface area contributed by atoms with Gasteiger partial charge in [-0.3, -0.25) is 19.6 Å². The number of aliphatic hydroxyl groups is 1. The summed E-state index contributed by atoms with van der Waals surface area (Å²) in [5.74, 6) is 7.83. The first-order valence-electron chi connectivity index (χ1n) is 15.1. The molecule has 4 aliphatic rings. The summed E-state index contributed by atoms with van der Waals surface area (Å²) in [6.07, 6.45) is 4.24. The highest BCUT2D eigenvalue weighted by Gasteiger charge is 2.43. The number of carbonyl (C=O) groups excluding carboxylic acids is 2. The SMILES string of the molecule is C=C1CC2C=Nc3cc(OCCCCCOc4cc5c(cc4OC)C(=O)N4CC(=C)C[C@H]4C(O)N5N)c(OC)cc3C(=O)N2C1. The van der Waals surface area contributed by atoms with E-state index < -0.39 is 12.3 Å². The van der Waals surface area contributed by atoms with E-state index in [4.69, 9.17) is 24.8 Å². The van der Waals surface area contributed by atoms with Gasteiger partial charge in [-0.15, -0.1) is 0 Å². The first-order valence-corrected chi connectivity index (χ1v) is 15.1. The van der Waals surface area contributed by atoms with Gasteiger partial charge in [-0.1, -0.05) is 24.3 Å². The second-order valence-electron chi connectivity index (χ2n) is 11.8. The minimum atomic E-state index is -1.08. The topological polar surface area (TPSA) is 139 Å². The number of nitrogens with two attached hydrogens (primary N) is 1. The second-order valence-corrected chi connectivity index (χ2v) is 11.8. The van der Waals surface area contributed by atoms with E-state index in [-0.39, 0.29) is 17.9 Å². The van der Waals surface area contributed by atoms with Gasteiger partial charge in [0.2, 0.25) is 0 Å². The number of unbranched alkanes of at least 4 members (excludes halogenated alkanes) is 2. The first kappa shape index (κ1) is 30.5. The van der Waals surface area contributed by atoms with Crippen molar-refractivity contribution in [2.45, 2.75) is 50.4 Å². The molecule has 4 heterocycles. The number of hydrogen-bond acceptors (Lipinski definition) is 10. The van der Waals surface area contributed by atoms with Crippen LogP contribution in [0, 0.1) is 0 Å². The van der Waals surface area contributed by atoms with E-state index in [9.17, 15) is 14.7 Å². The van der Waals surface area contributed by atoms with E-state index in [1.54, 1.807) is 41.2 Å². The van der Waals surface area contributed by atoms with Crippen molar-refractivity contribution in [2.24, 2.45) is 10.8 Å². The van der Waals surface area contributed by atoms with E-state index in [2.05, 4.69) is 18.2 Å². The Bertz CT molecular complexity index is 1570. The molecular weight excluding hydrogens is 578 g/mol. The number of aliphatic hydroxyl groups excluding tert-OH is 1. The number of carbonyl (C=O) groups is 2. The predicted molar refractivity (Wildman–Crippen MR) is 169 cm³/mol. The molecule has 2 saturated heterocycles. The fourth-order valence-corrected chi connectivity index (χ4v) is 6.36. The van der Waals surface area contributed by atoms with Crippen LogP contribution < -0.4 is 29.8 Å². The summed E-state index contributed by atoms with van der Waals surface area (Å²) >= 11 is 0. The molecule has 2 unspecified atom stereocenters. The largest absolute Gasteiger partial charge is 0.493 e. The van der Waals surface area contributed by atoms with Crippen molar-refractivity contribution in [3.05, 3.63) is 59.7 Å². The molecule has 0 bridgehead atoms. The number of hydrazine groups is 1. The average molecular weight is 618 g/mol. The molecule has 2 aromatic carbocycles. The van der Waals surface area contributed by atoms with Crippen LogP contribution in [0.2, 0.25) is 0 Å². The van der Waals surface area contributed by atoms with Crippen LogP contribution >= 0.6 is 0 Å². The minimum Gasteiger partial charge on any atom is -0.493 e. The summed E-state index contributed by atoms with van der Waals surface area (Å²) in [6, 6.07) is 6.17. The number of anilines is 1. The van der Waals surface area contributed by atoms with Gasteiger partial charge in [0.25, 0.3) is 11.8 Å². The van der Waals surface area contributed by atoms with Crippen LogP contribution in [-0.2, 0) is 0 Å². The maximum atomic E-state index is 13.3. The number of aliphatic imine (C=N–C) groups is 1. The van der Waals surface area contributed by atoms with Gasteiger partial charge in [0, 0.05) is 31.4 Å². The van der Waals surface area contributed by atoms with Gasteiger partial charge in [-0.2, -0.15) is 0 Å². The first-order chi connectivity index (χ1) is 21.7. The maximum absolute atomic E-state index is 13.3. The van der Waals surface area contributed by atoms with Gasteiger partial charge in [0.1, 0.15) is 0 Å². The van der Waals surface area contributed by atoms with E-state index >= 15 is 0 Å². The highest BCUT2D eigenvalue weighted by molar-refractivity contribution is 6.04. The summed E-state index contributed by atoms with van der Waals surface area (Å²) < 4.78 is 23.2. The third-order valence-corrected chi connectivity index (χ3v) is 8.73. The third kappa shape index (κ3) is 5.71. The molecule has 45 heavy (non-hydrogen) atoms. The molecule has 12 heteroatoms. The molecule has 0 saturated carbocycles. The number of ether oxygens (including phenoxy) is 4. The molecule has 0 aromatic heterocycles. The molecule has 0 spiro atoms. The van der Waals surface area contributed by atoms with Gasteiger partial charge in [-0.05, 0) is 44.2 Å². The Morgan fingerprint density at radius 2 is 1.44 bits per heavy atom. The smallest absolute Gasteiger partial charge is 0.257 e. The Hall–Kier alpha value is -4.55. The standard InChI is InChI=1S/C33H39N5O7/c1-19-10-21-16-35-24-14-29(27(42-3)12-22(24)31(39)36(21)17-19)44-8-6-5-7-9-45-30-15-25-23(13-28(30)43-4)32(40)37-18-20(2)11-26(37)33(41)38(25)34/h12-16,21,26,33,41H,1-2,5-11,17-18,34H2,3-4H3/t21?,26-,33?/m0/s1. The number of methoxy groups -OCH3 is 2. The van der Waals surface area contributed by atoms with Gasteiger partial charge in [-0.25, -0.2) is 5.84 Å². The fraction of sp³-hybridized carbons (Fsp3) is 0.424. The Morgan fingerprint density at radius 1 is 0.844 bits per heavy atom. The van der Waals surface area contributed by atoms with Crippen molar-refractivity contribution >= 4 is 29.4 Å². The summed E-state index contributed by atoms with van der Waals surface area (Å²) in [7, 11) is 3.06. The van der Waals surface area contributed by atoms with Crippen LogP contribution in [-0.4, -0.2) is 91.8 Å². The highest BCUT2D eigenvalue weighted by atomic mass is 16.5. The van der Waals surface area contributed by atoms with E-state index in [0.29, 0.717) is 78.2 Å². The number of rotatable bonds is 10. The van der Waals surface area contributed by atoms with Crippen molar-refractivity contribution in [1.82, 2.24) is 9.80 Å². The number of fused-ring (bicyclic) bond motifs is 4. The summed E-state index contributed by atoms with van der Waals surface area (Å²) in [5.41, 5.74) is 3.66. The van der Waals surface area contributed by atoms with Crippen LogP contribution in [0.3, 0.4) is 0 Å². The summed E-state index contributed by atoms with van der Waals surface area (Å²) in [4.78, 5) is 34.5. The predicted octanol–water partition coefficient (Wildman–Crippen LogP) is 3.60. The van der Waals surface area contributed by atoms with Crippen LogP contribution in [0.4, 0.5) is 11.4 Å². The van der Waals surface area contributed by atoms with Crippen molar-refractivity contribution in [3.8, 4) is 23.0 Å². The maximum Gasteiger partial charge on any atom is 0.257 e. The van der Waals surface area contributed by atoms with E-state index in [1.165, 1.54) is 12.1 Å². The molecule has 2 amide bonds. The molecule has 2 fully saturated rings. The number of benzene rings is 2. The van der Waals surface area contributed by atoms with Crippen molar-refractivity contribution in [1.29, 1.82) is 0 Å². The monoisotopic (exact) mass is 617 g/mol. The van der Waals surface area contributed by atoms with E-state index in [0.717, 1.165) is 36.8 Å². The normalized spacial score (nSPS) is 22.0. The molecular formula is C33H39N5O7. The number of amides is 2. The summed E-state index contributed by atoms with van der Waals surface area (Å²) in [5, 5.41) is 12.1. The summed E-state index contributed by atoms with van der Waals surface area (Å²) in [6.45, 7) is 9.75. The van der Waals surface area contributed by atoms with Gasteiger partial charge in [0.15, 0.2) is 29.2 Å². The van der Waals surface area contributed by atoms with Gasteiger partial charge in [0.05, 0.1) is 62.0 Å². The van der Waals surface area contributed by atoms with Gasteiger partial charge >= 0.3 is 0 Å². The van der Waals surface area contributed by atoms with Crippen LogP contribution in [0.15, 0.2) is 53.6 Å². The molecule has 6 rings (SSSR count). The lowest BCUT2D eigenvalue weighted by Gasteiger charge is -2.30. The lowest BCUT2D eigenvalue weighted by Crippen LogP contribution is -2.51. The molecule has 4 aliphatic heterocycles. The zero-order valence-electron chi connectivity index (χ0n) is 25.7. The molecule has 238 valence electrons. The highest BCUT2D eigenvalue weighted by Crippen LogP contribution is 2.41. The number of hydrogen-bond donors (Lipinski definition) is 2. The molecule has 12 nitrogen and oxygen atoms in total. The zero-order chi connectivity index (χ0) is 31.8. The van der Waals surface area contributed by atoms with Crippen molar-refractivity contribution in [3.63, 3.8) is 0 Å². The Labute approximate surface area is 262 Å². The molecule has 3 N–H and O–H groups in total. The lowest BCUT2D eigenvalue weighted by molar-refractivity contribution is 0.0513. The third-order valence-electron chi connectivity index (χ3n) is 8.73. The van der Waals surface area contributed by atoms with Gasteiger partial charge < -0.3 is 33.9 Å². The van der Waals surface area contributed by atoms with Crippen molar-refractivity contribution in [2.75, 3.05) is 45.5 Å². The minimum absolute atomic E-state index is 0.0809. The van der Waals surface area contributed by atoms with Crippen LogP contribution in [0.25, 0.3) is 0 Å². The zero-order valence-corrected chi connectivity index (χ0v) is 25.7. The molecule has 2 aromatic rings. The molecule has 0 aliphatic carbocycles. The second kappa shape index (κ2) is 12.4. The van der Waals surface area contributed by atoms with Crippen LogP contribution in [0.1, 0.15) is 52.8 Å². The Kier molecular flexibility index (Phi) is 8.43. The quantitative estimate of drug-likeness (QED) is 0.233. The number of nitrogens with zero attached hydrogens (tertiary/aromatic N) is 4. The van der Waals surface area contributed by atoms with E-state index in [1.807, 2.05) is 6.21 Å². The Morgan fingerprint density at radius 3 is 2.13 bits per heavy atom. The lowest BCUT2D eigenvalue weighted by atomic mass is 10.1. The van der Waals surface area contributed by atoms with Crippen LogP contribution in [0.5, 0.6) is 23.0 Å². The molecule has 3 atom stereocenters. The molecule has 0 radical (unpaired) electrons. The fourth-order valence-electron chi connectivity index (χ4n) is 6.36. The Balaban J connectivity index is 1.04. The average Bonchev–Trinajstić information content (AvgIpc) is 3.58.